The first kappa shape index (κ1) is 16.6. The number of aliphatic hydroxyl groups is 1. The molecule has 1 aromatic carbocycles. The number of fused-ring (bicyclic) bond motifs is 4. The van der Waals surface area contributed by atoms with Gasteiger partial charge >= 0.3 is 5.97 Å². The summed E-state index contributed by atoms with van der Waals surface area (Å²) in [4.78, 5) is 17.5. The Bertz CT molecular complexity index is 929. The average molecular weight is 377 g/mol. The molecule has 7 heteroatoms. The lowest BCUT2D eigenvalue weighted by Crippen LogP contribution is -3.10. The van der Waals surface area contributed by atoms with Gasteiger partial charge in [-0.05, 0) is 6.07 Å². The molecule has 26 heavy (non-hydrogen) atoms. The smallest absolute Gasteiger partial charge is 0.318 e. The number of benzene rings is 1. The van der Waals surface area contributed by atoms with Crippen LogP contribution in [0.1, 0.15) is 30.1 Å². The molecular formula is C19H21ClN2O4. The van der Waals surface area contributed by atoms with Gasteiger partial charge < -0.3 is 37.2 Å². The number of carboxylic acids is 1. The van der Waals surface area contributed by atoms with Gasteiger partial charge in [-0.25, -0.2) is 0 Å². The van der Waals surface area contributed by atoms with E-state index in [0.29, 0.717) is 6.42 Å². The highest BCUT2D eigenvalue weighted by Gasteiger charge is 2.73. The molecule has 6 rings (SSSR count). The Kier molecular flexibility index (Phi) is 3.19. The Labute approximate surface area is 156 Å². The number of aromatic nitrogens is 1. The van der Waals surface area contributed by atoms with Crippen molar-refractivity contribution in [3.63, 3.8) is 0 Å². The Morgan fingerprint density at radius 3 is 2.85 bits per heavy atom. The van der Waals surface area contributed by atoms with Crippen LogP contribution in [0, 0.1) is 11.8 Å². The van der Waals surface area contributed by atoms with Gasteiger partial charge in [0.15, 0.2) is 5.79 Å². The molecule has 1 aromatic heterocycles. The van der Waals surface area contributed by atoms with Gasteiger partial charge in [0.2, 0.25) is 0 Å². The number of aliphatic carboxylic acids is 1. The third-order valence-electron chi connectivity index (χ3n) is 7.41. The van der Waals surface area contributed by atoms with Crippen molar-refractivity contribution in [2.45, 2.75) is 30.1 Å². The molecule has 0 saturated carbocycles. The number of carbonyl (C=O) groups is 1. The highest BCUT2D eigenvalue weighted by atomic mass is 35.5. The maximum atomic E-state index is 12.6. The third-order valence-corrected chi connectivity index (χ3v) is 7.41. The van der Waals surface area contributed by atoms with Crippen LogP contribution in [-0.4, -0.2) is 46.6 Å². The van der Waals surface area contributed by atoms with Crippen LogP contribution in [0.3, 0.4) is 0 Å². The van der Waals surface area contributed by atoms with Crippen LogP contribution in [-0.2, 0) is 14.9 Å². The van der Waals surface area contributed by atoms with Gasteiger partial charge in [-0.3, -0.25) is 4.79 Å². The first-order valence-electron chi connectivity index (χ1n) is 9.13. The zero-order valence-corrected chi connectivity index (χ0v) is 14.9. The van der Waals surface area contributed by atoms with E-state index >= 15 is 0 Å². The maximum absolute atomic E-state index is 12.6. The molecule has 6 bridgehead atoms. The van der Waals surface area contributed by atoms with Crippen LogP contribution in [0.5, 0.6) is 0 Å². The van der Waals surface area contributed by atoms with Crippen molar-refractivity contribution < 1.29 is 37.1 Å². The molecule has 3 aliphatic heterocycles. The topological polar surface area (TPSA) is 87.0 Å². The molecule has 0 spiro atoms. The van der Waals surface area contributed by atoms with Crippen molar-refractivity contribution in [3.05, 3.63) is 35.5 Å². The van der Waals surface area contributed by atoms with Crippen molar-refractivity contribution in [1.82, 2.24) is 4.98 Å². The molecule has 3 fully saturated rings. The van der Waals surface area contributed by atoms with Crippen molar-refractivity contribution in [1.29, 1.82) is 0 Å². The first-order valence-corrected chi connectivity index (χ1v) is 9.13. The van der Waals surface area contributed by atoms with E-state index in [1.54, 1.807) is 0 Å². The van der Waals surface area contributed by atoms with E-state index in [-0.39, 0.29) is 31.0 Å². The van der Waals surface area contributed by atoms with Crippen molar-refractivity contribution in [2.75, 3.05) is 19.7 Å². The molecule has 3 saturated heterocycles. The fraction of sp³-hybridized carbons (Fsp3) is 0.526. The zero-order valence-electron chi connectivity index (χ0n) is 14.2. The molecule has 5 unspecified atom stereocenters. The Morgan fingerprint density at radius 1 is 1.27 bits per heavy atom. The number of H-pyrrole nitrogens is 1. The Balaban J connectivity index is 0.00000150. The normalized spacial score (nSPS) is 42.2. The summed E-state index contributed by atoms with van der Waals surface area (Å²) in [5, 5.41) is 22.9. The van der Waals surface area contributed by atoms with E-state index < -0.39 is 23.1 Å². The van der Waals surface area contributed by atoms with Crippen LogP contribution in [0.15, 0.2) is 24.3 Å². The summed E-state index contributed by atoms with van der Waals surface area (Å²) >= 11 is 0. The minimum atomic E-state index is -1.33. The molecule has 6 nitrogen and oxygen atoms in total. The van der Waals surface area contributed by atoms with Crippen LogP contribution in [0.25, 0.3) is 10.9 Å². The summed E-state index contributed by atoms with van der Waals surface area (Å²) in [6.45, 7) is 1.94. The van der Waals surface area contributed by atoms with Crippen LogP contribution in [0.4, 0.5) is 0 Å². The minimum Gasteiger partial charge on any atom is -1.00 e. The monoisotopic (exact) mass is 376 g/mol. The van der Waals surface area contributed by atoms with Crippen molar-refractivity contribution >= 4 is 16.9 Å². The second kappa shape index (κ2) is 5.01. The number of nitrogens with one attached hydrogen (secondary N) is 2. The lowest BCUT2D eigenvalue weighted by molar-refractivity contribution is -0.920. The van der Waals surface area contributed by atoms with Crippen LogP contribution in [0.2, 0.25) is 0 Å². The second-order valence-electron chi connectivity index (χ2n) is 8.15. The van der Waals surface area contributed by atoms with Crippen molar-refractivity contribution in [2.24, 2.45) is 11.8 Å². The first-order chi connectivity index (χ1) is 12.1. The number of para-hydroxylation sites is 1. The molecule has 4 heterocycles. The number of carboxylic acid groups (broad SMARTS) is 1. The van der Waals surface area contributed by atoms with Gasteiger partial charge in [0.25, 0.3) is 0 Å². The number of aromatic amines is 1. The molecular weight excluding hydrogens is 356 g/mol. The highest BCUT2D eigenvalue weighted by Crippen LogP contribution is 2.60. The Hall–Kier alpha value is -1.60. The van der Waals surface area contributed by atoms with Crippen molar-refractivity contribution in [3.8, 4) is 0 Å². The quantitative estimate of drug-likeness (QED) is 0.433. The van der Waals surface area contributed by atoms with E-state index in [2.05, 4.69) is 11.1 Å². The Morgan fingerprint density at radius 2 is 2.04 bits per heavy atom. The number of ether oxygens (including phenoxy) is 1. The van der Waals surface area contributed by atoms with Gasteiger partial charge in [0.1, 0.15) is 11.5 Å². The highest BCUT2D eigenvalue weighted by molar-refractivity contribution is 5.91. The van der Waals surface area contributed by atoms with Gasteiger partial charge in [-0.1, -0.05) is 18.2 Å². The largest absolute Gasteiger partial charge is 1.00 e. The lowest BCUT2D eigenvalue weighted by atomic mass is 9.69. The molecule has 4 N–H and O–H groups in total. The molecule has 2 aromatic rings. The summed E-state index contributed by atoms with van der Waals surface area (Å²) in [5.74, 6) is -2.67. The van der Waals surface area contributed by atoms with Gasteiger partial charge in [-0.2, -0.15) is 0 Å². The number of hydrogen-bond donors (Lipinski definition) is 4. The molecule has 1 aliphatic carbocycles. The molecule has 6 atom stereocenters. The van der Waals surface area contributed by atoms with Crippen LogP contribution >= 0.6 is 0 Å². The van der Waals surface area contributed by atoms with Gasteiger partial charge in [-0.15, -0.1) is 0 Å². The number of halogens is 1. The SMILES string of the molecule is O=C(O)[C@@]12COC3(O)C4CC[NH+](CCC31)C4c1c2[nH]c2ccccc12.[Cl-]. The van der Waals surface area contributed by atoms with E-state index in [1.165, 1.54) is 4.90 Å². The summed E-state index contributed by atoms with van der Waals surface area (Å²) in [7, 11) is 0. The van der Waals surface area contributed by atoms with E-state index in [4.69, 9.17) is 4.74 Å². The lowest BCUT2D eigenvalue weighted by Gasteiger charge is -2.35. The standard InChI is InChI=1S/C19H20N2O4.ClH/c22-17(23)18-9-25-19(24)11-5-7-21(8-6-13(18)19)15(11)14-10-3-1-2-4-12(10)20-16(14)18;/h1-4,11,13,15,20,24H,5-9H2,(H,22,23);1H/t11?,13?,15?,18-,19?;/m0./s1. The summed E-state index contributed by atoms with van der Waals surface area (Å²) in [6.07, 6.45) is 1.56. The molecule has 0 amide bonds. The minimum absolute atomic E-state index is 0. The molecule has 4 aliphatic rings. The summed E-state index contributed by atoms with van der Waals surface area (Å²) in [5.41, 5.74) is 1.68. The predicted octanol–water partition coefficient (Wildman–Crippen LogP) is -2.81. The number of rotatable bonds is 1. The predicted molar refractivity (Wildman–Crippen MR) is 88.2 cm³/mol. The van der Waals surface area contributed by atoms with E-state index in [1.807, 2.05) is 18.2 Å². The fourth-order valence-electron chi connectivity index (χ4n) is 6.41. The summed E-state index contributed by atoms with van der Waals surface area (Å²) in [6, 6.07) is 8.17. The maximum Gasteiger partial charge on any atom is 0.318 e. The molecule has 138 valence electrons. The van der Waals surface area contributed by atoms with E-state index in [0.717, 1.165) is 41.7 Å². The fourth-order valence-corrected chi connectivity index (χ4v) is 6.41. The average Bonchev–Trinajstić information content (AvgIpc) is 3.19. The van der Waals surface area contributed by atoms with Gasteiger partial charge in [0.05, 0.1) is 25.6 Å². The van der Waals surface area contributed by atoms with Crippen LogP contribution < -0.4 is 17.3 Å². The van der Waals surface area contributed by atoms with E-state index in [9.17, 15) is 15.0 Å². The zero-order chi connectivity index (χ0) is 17.0. The molecule has 0 radical (unpaired) electrons. The summed E-state index contributed by atoms with van der Waals surface area (Å²) < 4.78 is 5.95. The number of hydrogen-bond acceptors (Lipinski definition) is 3. The third kappa shape index (κ3) is 1.59. The second-order valence-corrected chi connectivity index (χ2v) is 8.15. The van der Waals surface area contributed by atoms with Gasteiger partial charge in [0, 0.05) is 40.9 Å². The number of quaternary nitrogens is 1.